The second-order valence-corrected chi connectivity index (χ2v) is 4.96. The number of piperidine rings is 1. The van der Waals surface area contributed by atoms with Gasteiger partial charge in [0.1, 0.15) is 5.92 Å². The van der Waals surface area contributed by atoms with E-state index in [1.165, 1.54) is 5.06 Å². The van der Waals surface area contributed by atoms with Gasteiger partial charge in [0.05, 0.1) is 0 Å². The van der Waals surface area contributed by atoms with Gasteiger partial charge in [-0.2, -0.15) is 4.62 Å². The number of rotatable bonds is 1. The van der Waals surface area contributed by atoms with Crippen LogP contribution in [0.25, 0.3) is 0 Å². The Kier molecular flexibility index (Phi) is 1.49. The molecule has 4 aliphatic rings. The standard InChI is InChI=1S/C6H9N2O5P/c7-5(9)4-2-1-3-8-6(4)11-14(10,12-6)13-8/h4H,1-3H2,(H2,7,9). The molecule has 4 heterocycles. The lowest BCUT2D eigenvalue weighted by Crippen LogP contribution is -2.60. The van der Waals surface area contributed by atoms with Crippen LogP contribution in [0.5, 0.6) is 0 Å². The molecule has 1 spiro atoms. The molecular formula is C6H9N2O5P. The van der Waals surface area contributed by atoms with E-state index in [0.29, 0.717) is 13.0 Å². The van der Waals surface area contributed by atoms with E-state index in [-0.39, 0.29) is 0 Å². The molecule has 0 radical (unpaired) electrons. The highest BCUT2D eigenvalue weighted by Gasteiger charge is 2.75. The first-order valence-electron chi connectivity index (χ1n) is 4.34. The molecule has 0 aliphatic carbocycles. The van der Waals surface area contributed by atoms with Crippen molar-refractivity contribution in [3.8, 4) is 0 Å². The zero-order valence-corrected chi connectivity index (χ0v) is 8.11. The fourth-order valence-electron chi connectivity index (χ4n) is 2.07. The summed E-state index contributed by atoms with van der Waals surface area (Å²) in [5, 5.41) is 1.33. The fraction of sp³-hybridized carbons (Fsp3) is 0.833. The lowest BCUT2D eigenvalue weighted by atomic mass is 9.94. The van der Waals surface area contributed by atoms with Gasteiger partial charge in [-0.1, -0.05) is 0 Å². The summed E-state index contributed by atoms with van der Waals surface area (Å²) in [5.41, 5.74) is 5.21. The van der Waals surface area contributed by atoms with E-state index in [0.717, 1.165) is 6.42 Å². The van der Waals surface area contributed by atoms with Crippen LogP contribution in [0.3, 0.4) is 0 Å². The number of carbonyl (C=O) groups is 1. The molecule has 78 valence electrons. The summed E-state index contributed by atoms with van der Waals surface area (Å²) in [6.07, 6.45) is 1.30. The lowest BCUT2D eigenvalue weighted by Gasteiger charge is -2.42. The van der Waals surface area contributed by atoms with Crippen LogP contribution in [0.15, 0.2) is 0 Å². The molecule has 4 saturated heterocycles. The Hall–Kier alpha value is -0.460. The summed E-state index contributed by atoms with van der Waals surface area (Å²) in [6.45, 7) is 0.535. The van der Waals surface area contributed by atoms with Crippen LogP contribution in [0.4, 0.5) is 0 Å². The van der Waals surface area contributed by atoms with Crippen molar-refractivity contribution in [1.82, 2.24) is 5.06 Å². The fourth-order valence-corrected chi connectivity index (χ4v) is 3.67. The molecule has 1 unspecified atom stereocenters. The number of phosphoric ester groups is 1. The van der Waals surface area contributed by atoms with Gasteiger partial charge < -0.3 is 5.73 Å². The summed E-state index contributed by atoms with van der Waals surface area (Å²) in [7, 11) is -3.37. The molecule has 14 heavy (non-hydrogen) atoms. The minimum absolute atomic E-state index is 0.522. The average molecular weight is 220 g/mol. The number of hydrogen-bond donors (Lipinski definition) is 1. The van der Waals surface area contributed by atoms with Crippen molar-refractivity contribution in [2.24, 2.45) is 11.7 Å². The Morgan fingerprint density at radius 3 is 2.93 bits per heavy atom. The van der Waals surface area contributed by atoms with E-state index in [2.05, 4.69) is 0 Å². The number of primary amides is 1. The molecule has 4 fully saturated rings. The molecule has 0 saturated carbocycles. The quantitative estimate of drug-likeness (QED) is 0.622. The first-order chi connectivity index (χ1) is 6.56. The number of hydroxylamine groups is 2. The number of amides is 1. The number of nitrogens with two attached hydrogens (primary N) is 1. The van der Waals surface area contributed by atoms with Crippen LogP contribution in [-0.2, 0) is 23.0 Å². The zero-order chi connectivity index (χ0) is 9.97. The van der Waals surface area contributed by atoms with Crippen LogP contribution in [0, 0.1) is 5.92 Å². The summed E-state index contributed by atoms with van der Waals surface area (Å²) in [6, 6.07) is 0. The van der Waals surface area contributed by atoms with Crippen molar-refractivity contribution in [1.29, 1.82) is 0 Å². The van der Waals surface area contributed by atoms with Gasteiger partial charge in [0.2, 0.25) is 5.91 Å². The maximum absolute atomic E-state index is 11.3. The predicted molar refractivity (Wildman–Crippen MR) is 42.2 cm³/mol. The molecule has 0 aromatic carbocycles. The second kappa shape index (κ2) is 2.37. The molecule has 8 heteroatoms. The largest absolute Gasteiger partial charge is 0.499 e. The highest BCUT2D eigenvalue weighted by molar-refractivity contribution is 7.50. The molecule has 7 nitrogen and oxygen atoms in total. The van der Waals surface area contributed by atoms with Gasteiger partial charge in [0, 0.05) is 6.54 Å². The van der Waals surface area contributed by atoms with E-state index in [1.54, 1.807) is 0 Å². The highest BCUT2D eigenvalue weighted by Crippen LogP contribution is 2.76. The summed E-state index contributed by atoms with van der Waals surface area (Å²) >= 11 is 0. The minimum atomic E-state index is -3.37. The van der Waals surface area contributed by atoms with Crippen molar-refractivity contribution in [2.75, 3.05) is 6.54 Å². The third kappa shape index (κ3) is 0.863. The molecule has 4 aliphatic heterocycles. The van der Waals surface area contributed by atoms with Crippen LogP contribution in [0.2, 0.25) is 0 Å². The normalized spacial score (nSPS) is 51.0. The van der Waals surface area contributed by atoms with Crippen molar-refractivity contribution in [3.05, 3.63) is 0 Å². The average Bonchev–Trinajstić information content (AvgIpc) is 2.48. The van der Waals surface area contributed by atoms with Crippen LogP contribution < -0.4 is 5.73 Å². The van der Waals surface area contributed by atoms with Gasteiger partial charge in [-0.05, 0) is 12.8 Å². The summed E-state index contributed by atoms with van der Waals surface area (Å²) in [4.78, 5) is 11.1. The maximum atomic E-state index is 11.3. The molecule has 2 bridgehead atoms. The van der Waals surface area contributed by atoms with E-state index in [4.69, 9.17) is 19.4 Å². The van der Waals surface area contributed by atoms with Crippen LogP contribution >= 0.6 is 7.82 Å². The SMILES string of the molecule is NC(=O)C1CCCN2OP3(=O)OC12O3. The van der Waals surface area contributed by atoms with Crippen LogP contribution in [0.1, 0.15) is 12.8 Å². The monoisotopic (exact) mass is 220 g/mol. The maximum Gasteiger partial charge on any atom is 0.499 e. The molecule has 4 rings (SSSR count). The third-order valence-corrected chi connectivity index (χ3v) is 4.04. The Balaban J connectivity index is 1.97. The molecule has 1 atom stereocenters. The number of hydrogen-bond acceptors (Lipinski definition) is 6. The lowest BCUT2D eigenvalue weighted by molar-refractivity contribution is -0.313. The summed E-state index contributed by atoms with van der Waals surface area (Å²) in [5.74, 6) is -2.42. The van der Waals surface area contributed by atoms with Gasteiger partial charge in [0.15, 0.2) is 0 Å². The number of phosphoric acid groups is 1. The first kappa shape index (κ1) is 8.82. The van der Waals surface area contributed by atoms with Gasteiger partial charge in [0.25, 0.3) is 5.91 Å². The topological polar surface area (TPSA) is 91.1 Å². The van der Waals surface area contributed by atoms with Gasteiger partial charge in [-0.25, -0.2) is 13.6 Å². The van der Waals surface area contributed by atoms with Crippen molar-refractivity contribution in [3.63, 3.8) is 0 Å². The number of carbonyl (C=O) groups excluding carboxylic acids is 1. The van der Waals surface area contributed by atoms with Gasteiger partial charge in [-0.15, -0.1) is 5.06 Å². The minimum Gasteiger partial charge on any atom is -0.369 e. The molecule has 2 N–H and O–H groups in total. The zero-order valence-electron chi connectivity index (χ0n) is 7.21. The van der Waals surface area contributed by atoms with Crippen molar-refractivity contribution < 1.29 is 23.0 Å². The van der Waals surface area contributed by atoms with E-state index in [9.17, 15) is 9.36 Å². The first-order valence-corrected chi connectivity index (χ1v) is 5.80. The molecule has 0 aromatic heterocycles. The smallest absolute Gasteiger partial charge is 0.369 e. The van der Waals surface area contributed by atoms with Crippen LogP contribution in [-0.4, -0.2) is 23.4 Å². The summed E-state index contributed by atoms with van der Waals surface area (Å²) < 4.78 is 26.4. The van der Waals surface area contributed by atoms with Crippen molar-refractivity contribution >= 4 is 13.7 Å². The molecular weight excluding hydrogens is 211 g/mol. The van der Waals surface area contributed by atoms with E-state index < -0.39 is 25.6 Å². The van der Waals surface area contributed by atoms with Crippen molar-refractivity contribution in [2.45, 2.75) is 18.8 Å². The van der Waals surface area contributed by atoms with Gasteiger partial charge >= 0.3 is 7.82 Å². The Labute approximate surface area is 79.7 Å². The Morgan fingerprint density at radius 1 is 1.57 bits per heavy atom. The number of nitrogens with zero attached hydrogens (tertiary/aromatic N) is 1. The van der Waals surface area contributed by atoms with E-state index >= 15 is 0 Å². The predicted octanol–water partition coefficient (Wildman–Crippen LogP) is -0.0624. The molecule has 1 amide bonds. The highest BCUT2D eigenvalue weighted by atomic mass is 31.2. The second-order valence-electron chi connectivity index (χ2n) is 3.54. The van der Waals surface area contributed by atoms with E-state index in [1.807, 2.05) is 0 Å². The Morgan fingerprint density at radius 2 is 2.29 bits per heavy atom. The Bertz CT molecular complexity index is 348. The third-order valence-electron chi connectivity index (χ3n) is 2.67. The van der Waals surface area contributed by atoms with Gasteiger partial charge in [-0.3, -0.25) is 4.79 Å². The molecule has 0 aromatic rings.